The Balaban J connectivity index is 2.72. The lowest BCUT2D eigenvalue weighted by Gasteiger charge is -2.29. The van der Waals surface area contributed by atoms with Gasteiger partial charge in [0.15, 0.2) is 0 Å². The van der Waals surface area contributed by atoms with Crippen LogP contribution < -0.4 is 0 Å². The Morgan fingerprint density at radius 3 is 2.82 bits per heavy atom. The van der Waals surface area contributed by atoms with Crippen molar-refractivity contribution in [2.24, 2.45) is 11.3 Å². The Kier molecular flexibility index (Phi) is 1.99. The van der Waals surface area contributed by atoms with Crippen molar-refractivity contribution >= 4 is 5.78 Å². The van der Waals surface area contributed by atoms with Crippen molar-refractivity contribution in [2.75, 3.05) is 0 Å². The maximum atomic E-state index is 11.1. The van der Waals surface area contributed by atoms with Gasteiger partial charge in [0.05, 0.1) is 11.5 Å². The highest BCUT2D eigenvalue weighted by Gasteiger charge is 2.34. The fourth-order valence-corrected chi connectivity index (χ4v) is 1.89. The third-order valence-corrected chi connectivity index (χ3v) is 2.23. The molecule has 0 spiro atoms. The summed E-state index contributed by atoms with van der Waals surface area (Å²) >= 11 is 0. The molecule has 2 atom stereocenters. The number of nitrogens with zero attached hydrogens (tertiary/aromatic N) is 1. The molecule has 1 aliphatic rings. The van der Waals surface area contributed by atoms with Crippen molar-refractivity contribution in [3.8, 4) is 6.07 Å². The van der Waals surface area contributed by atoms with Crippen LogP contribution in [-0.2, 0) is 4.79 Å². The number of ketones is 1. The second kappa shape index (κ2) is 2.65. The zero-order valence-electron chi connectivity index (χ0n) is 7.05. The fraction of sp³-hybridized carbons (Fsp3) is 0.778. The summed E-state index contributed by atoms with van der Waals surface area (Å²) in [6.45, 7) is 3.91. The largest absolute Gasteiger partial charge is 0.300 e. The van der Waals surface area contributed by atoms with E-state index in [1.807, 2.05) is 13.8 Å². The smallest absolute Gasteiger partial charge is 0.134 e. The van der Waals surface area contributed by atoms with Crippen LogP contribution in [0.2, 0.25) is 0 Å². The maximum Gasteiger partial charge on any atom is 0.134 e. The molecular weight excluding hydrogens is 138 g/mol. The third kappa shape index (κ3) is 1.80. The molecule has 0 aromatic carbocycles. The molecule has 0 amide bonds. The predicted octanol–water partition coefficient (Wildman–Crippen LogP) is 1.91. The summed E-state index contributed by atoms with van der Waals surface area (Å²) in [7, 11) is 0. The van der Waals surface area contributed by atoms with Crippen LogP contribution in [0.15, 0.2) is 0 Å². The molecule has 0 N–H and O–H groups in total. The van der Waals surface area contributed by atoms with Gasteiger partial charge >= 0.3 is 0 Å². The molecule has 0 aliphatic heterocycles. The lowest BCUT2D eigenvalue weighted by atomic mass is 9.72. The Bertz CT molecular complexity index is 216. The molecule has 0 aromatic rings. The Morgan fingerprint density at radius 2 is 2.36 bits per heavy atom. The summed E-state index contributed by atoms with van der Waals surface area (Å²) in [4.78, 5) is 11.1. The number of nitriles is 1. The van der Waals surface area contributed by atoms with Gasteiger partial charge in [0.25, 0.3) is 0 Å². The van der Waals surface area contributed by atoms with Gasteiger partial charge in [-0.2, -0.15) is 5.26 Å². The lowest BCUT2D eigenvalue weighted by Crippen LogP contribution is -2.28. The van der Waals surface area contributed by atoms with Gasteiger partial charge in [-0.25, -0.2) is 0 Å². The van der Waals surface area contributed by atoms with E-state index < -0.39 is 0 Å². The second-order valence-corrected chi connectivity index (χ2v) is 3.90. The average molecular weight is 151 g/mol. The fourth-order valence-electron chi connectivity index (χ4n) is 1.89. The third-order valence-electron chi connectivity index (χ3n) is 2.23. The van der Waals surface area contributed by atoms with E-state index in [-0.39, 0.29) is 11.2 Å². The summed E-state index contributed by atoms with van der Waals surface area (Å²) in [5.74, 6) is 0.633. The average Bonchev–Trinajstić information content (AvgIpc) is 1.84. The van der Waals surface area contributed by atoms with Gasteiger partial charge in [0.2, 0.25) is 0 Å². The normalized spacial score (nSPS) is 38.3. The Hall–Kier alpha value is -0.840. The van der Waals surface area contributed by atoms with Crippen molar-refractivity contribution in [3.63, 3.8) is 0 Å². The number of Topliss-reactive ketones (excluding diaryl/α,β-unsaturated/α-hetero) is 1. The minimum atomic E-state index is -0.380. The van der Waals surface area contributed by atoms with Gasteiger partial charge in [-0.3, -0.25) is 4.79 Å². The highest BCUT2D eigenvalue weighted by Crippen LogP contribution is 2.36. The van der Waals surface area contributed by atoms with E-state index in [2.05, 4.69) is 6.07 Å². The molecule has 1 rings (SSSR count). The van der Waals surface area contributed by atoms with E-state index in [9.17, 15) is 4.79 Å². The molecular formula is C9H13NO. The molecule has 0 bridgehead atoms. The second-order valence-electron chi connectivity index (χ2n) is 3.90. The molecule has 1 aliphatic carbocycles. The highest BCUT2D eigenvalue weighted by molar-refractivity contribution is 5.80. The summed E-state index contributed by atoms with van der Waals surface area (Å²) in [6.07, 6.45) is 1.99. The minimum absolute atomic E-state index is 0.243. The predicted molar refractivity (Wildman–Crippen MR) is 41.7 cm³/mol. The first-order valence-corrected chi connectivity index (χ1v) is 3.99. The van der Waals surface area contributed by atoms with Crippen LogP contribution in [0.1, 0.15) is 33.1 Å². The van der Waals surface area contributed by atoms with Crippen molar-refractivity contribution < 1.29 is 4.79 Å². The van der Waals surface area contributed by atoms with E-state index in [0.717, 1.165) is 6.42 Å². The standard InChI is InChI=1S/C9H13NO/c1-7-3-8(11)5-9(2,4-7)6-10/h7H,3-5H2,1-2H3/t7-,9+/m1/s1. The first kappa shape index (κ1) is 8.26. The lowest BCUT2D eigenvalue weighted by molar-refractivity contribution is -0.123. The molecule has 0 saturated heterocycles. The first-order chi connectivity index (χ1) is 5.06. The number of carbonyl (C=O) groups is 1. The van der Waals surface area contributed by atoms with Crippen LogP contribution in [0.5, 0.6) is 0 Å². The van der Waals surface area contributed by atoms with Crippen LogP contribution >= 0.6 is 0 Å². The van der Waals surface area contributed by atoms with Crippen molar-refractivity contribution in [1.82, 2.24) is 0 Å². The molecule has 1 fully saturated rings. The molecule has 0 radical (unpaired) electrons. The highest BCUT2D eigenvalue weighted by atomic mass is 16.1. The van der Waals surface area contributed by atoms with Crippen molar-refractivity contribution in [1.29, 1.82) is 5.26 Å². The number of hydrogen-bond donors (Lipinski definition) is 0. The van der Waals surface area contributed by atoms with Crippen molar-refractivity contribution in [2.45, 2.75) is 33.1 Å². The zero-order valence-corrected chi connectivity index (χ0v) is 7.05. The van der Waals surface area contributed by atoms with E-state index in [4.69, 9.17) is 5.26 Å². The zero-order chi connectivity index (χ0) is 8.48. The SMILES string of the molecule is C[C@@H]1CC(=O)C[C@@](C)(C#N)C1. The molecule has 60 valence electrons. The molecule has 0 heterocycles. The maximum absolute atomic E-state index is 11.1. The number of carbonyl (C=O) groups excluding carboxylic acids is 1. The van der Waals surface area contributed by atoms with Gasteiger partial charge < -0.3 is 0 Å². The number of hydrogen-bond acceptors (Lipinski definition) is 2. The molecule has 2 heteroatoms. The molecule has 11 heavy (non-hydrogen) atoms. The Labute approximate surface area is 67.2 Å². The molecule has 2 nitrogen and oxygen atoms in total. The van der Waals surface area contributed by atoms with Crippen LogP contribution in [0.3, 0.4) is 0 Å². The van der Waals surface area contributed by atoms with E-state index >= 15 is 0 Å². The first-order valence-electron chi connectivity index (χ1n) is 3.99. The minimum Gasteiger partial charge on any atom is -0.300 e. The topological polar surface area (TPSA) is 40.9 Å². The van der Waals surface area contributed by atoms with Gasteiger partial charge in [0, 0.05) is 12.8 Å². The van der Waals surface area contributed by atoms with Gasteiger partial charge in [-0.15, -0.1) is 0 Å². The number of rotatable bonds is 0. The van der Waals surface area contributed by atoms with Gasteiger partial charge in [0.1, 0.15) is 5.78 Å². The molecule has 0 aromatic heterocycles. The van der Waals surface area contributed by atoms with E-state index in [0.29, 0.717) is 18.8 Å². The van der Waals surface area contributed by atoms with Crippen LogP contribution in [0.25, 0.3) is 0 Å². The summed E-state index contributed by atoms with van der Waals surface area (Å²) < 4.78 is 0. The summed E-state index contributed by atoms with van der Waals surface area (Å²) in [5, 5.41) is 8.78. The van der Waals surface area contributed by atoms with Crippen molar-refractivity contribution in [3.05, 3.63) is 0 Å². The van der Waals surface area contributed by atoms with Crippen LogP contribution in [0, 0.1) is 22.7 Å². The Morgan fingerprint density at radius 1 is 1.73 bits per heavy atom. The van der Waals surface area contributed by atoms with Gasteiger partial charge in [-0.05, 0) is 19.3 Å². The summed E-state index contributed by atoms with van der Waals surface area (Å²) in [5.41, 5.74) is -0.380. The van der Waals surface area contributed by atoms with E-state index in [1.165, 1.54) is 0 Å². The molecule has 1 saturated carbocycles. The van der Waals surface area contributed by atoms with Crippen LogP contribution in [0.4, 0.5) is 0 Å². The quantitative estimate of drug-likeness (QED) is 0.530. The molecule has 0 unspecified atom stereocenters. The van der Waals surface area contributed by atoms with Crippen LogP contribution in [-0.4, -0.2) is 5.78 Å². The van der Waals surface area contributed by atoms with E-state index in [1.54, 1.807) is 0 Å². The summed E-state index contributed by atoms with van der Waals surface area (Å²) in [6, 6.07) is 2.22. The monoisotopic (exact) mass is 151 g/mol. The van der Waals surface area contributed by atoms with Gasteiger partial charge in [-0.1, -0.05) is 6.92 Å².